The van der Waals surface area contributed by atoms with Crippen molar-refractivity contribution >= 4 is 12.7 Å². The van der Waals surface area contributed by atoms with Gasteiger partial charge in [0.2, 0.25) is 7.37 Å². The molecule has 3 nitrogen and oxygen atoms in total. The van der Waals surface area contributed by atoms with Gasteiger partial charge in [-0.25, -0.2) is 0 Å². The van der Waals surface area contributed by atoms with Gasteiger partial charge in [0.25, 0.3) is 0 Å². The third-order valence-electron chi connectivity index (χ3n) is 5.21. The van der Waals surface area contributed by atoms with Crippen LogP contribution in [0.5, 0.6) is 0 Å². The van der Waals surface area contributed by atoms with E-state index >= 15 is 0 Å². The van der Waals surface area contributed by atoms with Gasteiger partial charge in [-0.1, -0.05) is 69.3 Å². The number of benzene rings is 2. The zero-order chi connectivity index (χ0) is 17.9. The lowest BCUT2D eigenvalue weighted by Gasteiger charge is -2.44. The van der Waals surface area contributed by atoms with Crippen molar-refractivity contribution in [1.82, 2.24) is 0 Å². The molecule has 0 bridgehead atoms. The third kappa shape index (κ3) is 3.74. The highest BCUT2D eigenvalue weighted by atomic mass is 31.2. The van der Waals surface area contributed by atoms with Gasteiger partial charge in [0.05, 0.1) is 24.5 Å². The van der Waals surface area contributed by atoms with Crippen LogP contribution in [0.2, 0.25) is 0 Å². The van der Waals surface area contributed by atoms with Crippen LogP contribution >= 0.6 is 7.37 Å². The number of hydrogen-bond donors (Lipinski definition) is 0. The van der Waals surface area contributed by atoms with E-state index in [0.717, 1.165) is 17.3 Å². The van der Waals surface area contributed by atoms with E-state index in [4.69, 9.17) is 9.26 Å². The Morgan fingerprint density at radius 2 is 1.60 bits per heavy atom. The van der Waals surface area contributed by atoms with Crippen LogP contribution in [0.25, 0.3) is 0 Å². The molecule has 1 aliphatic rings. The molecule has 4 heteroatoms. The molecule has 5 atom stereocenters. The molecular formula is C21H27O3P. The first-order valence-electron chi connectivity index (χ1n) is 9.05. The molecule has 0 aromatic heterocycles. The Morgan fingerprint density at radius 3 is 2.20 bits per heavy atom. The molecule has 0 N–H and O–H groups in total. The summed E-state index contributed by atoms with van der Waals surface area (Å²) in [5.41, 5.74) is 0.965. The van der Waals surface area contributed by atoms with Crippen LogP contribution in [0.15, 0.2) is 60.7 Å². The van der Waals surface area contributed by atoms with E-state index in [2.05, 4.69) is 26.0 Å². The second-order valence-electron chi connectivity index (χ2n) is 6.85. The summed E-state index contributed by atoms with van der Waals surface area (Å²) >= 11 is 0. The summed E-state index contributed by atoms with van der Waals surface area (Å²) in [5.74, 6) is 0.203. The largest absolute Gasteiger partial charge is 0.372 e. The number of ether oxygens (including phenoxy) is 1. The van der Waals surface area contributed by atoms with E-state index in [1.165, 1.54) is 0 Å². The van der Waals surface area contributed by atoms with Gasteiger partial charge in [-0.3, -0.25) is 4.57 Å². The average molecular weight is 358 g/mol. The minimum atomic E-state index is -2.97. The molecule has 0 radical (unpaired) electrons. The minimum Gasteiger partial charge on any atom is -0.372 e. The van der Waals surface area contributed by atoms with Crippen LogP contribution in [-0.4, -0.2) is 17.9 Å². The lowest BCUT2D eigenvalue weighted by atomic mass is 9.94. The Bertz CT molecular complexity index is 716. The fraction of sp³-hybridized carbons (Fsp3) is 0.429. The molecule has 25 heavy (non-hydrogen) atoms. The Kier molecular flexibility index (Phi) is 5.78. The van der Waals surface area contributed by atoms with Gasteiger partial charge >= 0.3 is 0 Å². The van der Waals surface area contributed by atoms with Crippen molar-refractivity contribution in [3.63, 3.8) is 0 Å². The third-order valence-corrected chi connectivity index (χ3v) is 8.18. The maximum Gasteiger partial charge on any atom is 0.237 e. The molecule has 2 aromatic carbocycles. The monoisotopic (exact) mass is 358 g/mol. The second kappa shape index (κ2) is 7.86. The highest BCUT2D eigenvalue weighted by molar-refractivity contribution is 7.67. The van der Waals surface area contributed by atoms with Gasteiger partial charge in [-0.05, 0) is 24.1 Å². The van der Waals surface area contributed by atoms with Gasteiger partial charge < -0.3 is 9.26 Å². The first kappa shape index (κ1) is 18.4. The molecular weight excluding hydrogens is 331 g/mol. The summed E-state index contributed by atoms with van der Waals surface area (Å²) in [5, 5.41) is 0.793. The van der Waals surface area contributed by atoms with E-state index in [0.29, 0.717) is 6.61 Å². The molecule has 3 rings (SSSR count). The van der Waals surface area contributed by atoms with Gasteiger partial charge in [-0.15, -0.1) is 0 Å². The van der Waals surface area contributed by atoms with Crippen molar-refractivity contribution in [3.8, 4) is 0 Å². The van der Waals surface area contributed by atoms with E-state index in [1.807, 2.05) is 55.5 Å². The van der Waals surface area contributed by atoms with Crippen LogP contribution in [0, 0.1) is 5.92 Å². The van der Waals surface area contributed by atoms with Crippen LogP contribution in [-0.2, 0) is 20.4 Å². The Balaban J connectivity index is 1.86. The smallest absolute Gasteiger partial charge is 0.237 e. The Hall–Kier alpha value is -1.41. The predicted molar refractivity (Wildman–Crippen MR) is 102 cm³/mol. The summed E-state index contributed by atoms with van der Waals surface area (Å²) in [4.78, 5) is 0. The van der Waals surface area contributed by atoms with Gasteiger partial charge in [-0.2, -0.15) is 0 Å². The van der Waals surface area contributed by atoms with E-state index in [1.54, 1.807) is 0 Å². The molecule has 0 unspecified atom stereocenters. The van der Waals surface area contributed by atoms with Crippen molar-refractivity contribution in [3.05, 3.63) is 66.2 Å². The van der Waals surface area contributed by atoms with Gasteiger partial charge in [0, 0.05) is 11.2 Å². The van der Waals surface area contributed by atoms with Gasteiger partial charge in [0.1, 0.15) is 0 Å². The molecule has 0 spiro atoms. The molecule has 1 heterocycles. The molecule has 2 aromatic rings. The molecule has 134 valence electrons. The lowest BCUT2D eigenvalue weighted by molar-refractivity contribution is -0.0494. The van der Waals surface area contributed by atoms with Crippen molar-refractivity contribution in [2.24, 2.45) is 5.92 Å². The highest BCUT2D eigenvalue weighted by Gasteiger charge is 2.49. The van der Waals surface area contributed by atoms with Crippen molar-refractivity contribution in [2.75, 3.05) is 0 Å². The summed E-state index contributed by atoms with van der Waals surface area (Å²) in [6, 6.07) is 19.7. The first-order chi connectivity index (χ1) is 12.1. The fourth-order valence-corrected chi connectivity index (χ4v) is 6.53. The quantitative estimate of drug-likeness (QED) is 0.705. The normalized spacial score (nSPS) is 32.4. The number of hydrogen-bond acceptors (Lipinski definition) is 3. The second-order valence-corrected chi connectivity index (χ2v) is 9.58. The molecule has 0 saturated carbocycles. The van der Waals surface area contributed by atoms with E-state index < -0.39 is 7.37 Å². The SMILES string of the molecule is CC[C@H]1O[P@@](=O)(c2ccccc2)[C@H](C)[C@@H](OCc2ccccc2)[C@@H]1C. The first-order valence-corrected chi connectivity index (χ1v) is 10.7. The fourth-order valence-electron chi connectivity index (χ4n) is 3.67. The molecule has 1 fully saturated rings. The summed E-state index contributed by atoms with van der Waals surface area (Å²) in [6.07, 6.45) is 0.684. The Morgan fingerprint density at radius 1 is 1.00 bits per heavy atom. The van der Waals surface area contributed by atoms with Crippen LogP contribution in [0.1, 0.15) is 32.8 Å². The maximum absolute atomic E-state index is 13.8. The van der Waals surface area contributed by atoms with Crippen LogP contribution < -0.4 is 5.30 Å². The summed E-state index contributed by atoms with van der Waals surface area (Å²) < 4.78 is 26.3. The topological polar surface area (TPSA) is 35.5 Å². The standard InChI is InChI=1S/C21H27O3P/c1-4-20-16(2)21(23-15-18-11-7-5-8-12-18)17(3)25(22,24-20)19-13-9-6-10-14-19/h5-14,16-17,20-21H,4,15H2,1-3H3/t16-,17-,20-,21+,25-/m1/s1. The van der Waals surface area contributed by atoms with Crippen LogP contribution in [0.4, 0.5) is 0 Å². The summed E-state index contributed by atoms with van der Waals surface area (Å²) in [6.45, 7) is 6.77. The molecule has 1 aliphatic heterocycles. The predicted octanol–water partition coefficient (Wildman–Crippen LogP) is 5.01. The van der Waals surface area contributed by atoms with Crippen LogP contribution in [0.3, 0.4) is 0 Å². The zero-order valence-electron chi connectivity index (χ0n) is 15.2. The molecule has 0 aliphatic carbocycles. The molecule has 0 amide bonds. The average Bonchev–Trinajstić information content (AvgIpc) is 2.66. The maximum atomic E-state index is 13.8. The van der Waals surface area contributed by atoms with Crippen molar-refractivity contribution < 1.29 is 13.8 Å². The number of rotatable bonds is 5. The highest BCUT2D eigenvalue weighted by Crippen LogP contribution is 2.59. The van der Waals surface area contributed by atoms with E-state index in [-0.39, 0.29) is 23.8 Å². The minimum absolute atomic E-state index is 0.0528. The van der Waals surface area contributed by atoms with E-state index in [9.17, 15) is 4.57 Å². The lowest BCUT2D eigenvalue weighted by Crippen LogP contribution is -2.46. The van der Waals surface area contributed by atoms with Crippen molar-refractivity contribution in [1.29, 1.82) is 0 Å². The molecule has 1 saturated heterocycles. The van der Waals surface area contributed by atoms with Gasteiger partial charge in [0.15, 0.2) is 0 Å². The zero-order valence-corrected chi connectivity index (χ0v) is 16.1. The summed E-state index contributed by atoms with van der Waals surface area (Å²) in [7, 11) is -2.97. The Labute approximate surface area is 150 Å². The van der Waals surface area contributed by atoms with Crippen molar-refractivity contribution in [2.45, 2.75) is 51.7 Å².